The molecule has 1 aliphatic carbocycles. The van der Waals surface area contributed by atoms with Crippen LogP contribution >= 0.6 is 0 Å². The van der Waals surface area contributed by atoms with Crippen LogP contribution in [0.25, 0.3) is 0 Å². The van der Waals surface area contributed by atoms with Gasteiger partial charge in [-0.15, -0.1) is 0 Å². The SMILES string of the molecule is COC1C=CC=CC=CCC(OC(=O)C(C)NC(=O)C2=CCCCC2)C(C)C(O)C(C)=CCCc2cc(O)cc(c2)NC(=O)C1. The van der Waals surface area contributed by atoms with Gasteiger partial charge in [-0.3, -0.25) is 9.59 Å². The molecular formula is C36H48N2O7. The fraction of sp³-hybridized carbons (Fsp3) is 0.472. The zero-order chi connectivity index (χ0) is 32.8. The van der Waals surface area contributed by atoms with Crippen LogP contribution in [-0.4, -0.2) is 59.5 Å². The highest BCUT2D eigenvalue weighted by Crippen LogP contribution is 2.25. The number of nitrogens with one attached hydrogen (secondary N) is 2. The zero-order valence-electron chi connectivity index (χ0n) is 26.8. The standard InChI is InChI=1S/C36H48N2O7/c1-24-14-13-15-27-20-29(22-30(39)21-27)38-33(40)23-31(44-4)18-11-6-5-7-12-19-32(25(2)34(24)41)45-36(43)26(3)37-35(42)28-16-9-8-10-17-28/h5-7,11-12,14,16,18,20-22,25-26,31-32,34,39,41H,8-10,13,15,17,19,23H2,1-4H3,(H,37,42)(H,38,40). The molecule has 9 heteroatoms. The molecule has 244 valence electrons. The lowest BCUT2D eigenvalue weighted by Gasteiger charge is -2.29. The molecule has 0 saturated heterocycles. The number of phenolic OH excluding ortho intramolecular Hbond substituents is 1. The number of hydrogen-bond donors (Lipinski definition) is 4. The van der Waals surface area contributed by atoms with Gasteiger partial charge in [0.15, 0.2) is 0 Å². The van der Waals surface area contributed by atoms with Gasteiger partial charge >= 0.3 is 5.97 Å². The lowest BCUT2D eigenvalue weighted by molar-refractivity contribution is -0.156. The Balaban J connectivity index is 1.80. The van der Waals surface area contributed by atoms with Crippen LogP contribution in [0.2, 0.25) is 0 Å². The van der Waals surface area contributed by atoms with Gasteiger partial charge < -0.3 is 30.3 Å². The first-order valence-corrected chi connectivity index (χ1v) is 15.8. The molecule has 45 heavy (non-hydrogen) atoms. The van der Waals surface area contributed by atoms with Crippen molar-refractivity contribution in [2.24, 2.45) is 5.92 Å². The molecule has 1 aromatic carbocycles. The lowest BCUT2D eigenvalue weighted by atomic mass is 9.90. The third kappa shape index (κ3) is 11.8. The normalized spacial score (nSPS) is 24.3. The Morgan fingerprint density at radius 1 is 1.04 bits per heavy atom. The van der Waals surface area contributed by atoms with Gasteiger partial charge in [0.1, 0.15) is 17.9 Å². The number of amides is 2. The Kier molecular flexibility index (Phi) is 14.3. The summed E-state index contributed by atoms with van der Waals surface area (Å²) in [7, 11) is 1.53. The maximum absolute atomic E-state index is 13.1. The largest absolute Gasteiger partial charge is 0.508 e. The lowest BCUT2D eigenvalue weighted by Crippen LogP contribution is -2.43. The number of carbonyl (C=O) groups is 3. The number of ether oxygens (including phenoxy) is 2. The Morgan fingerprint density at radius 2 is 1.82 bits per heavy atom. The quantitative estimate of drug-likeness (QED) is 0.249. The number of hydrogen-bond acceptors (Lipinski definition) is 7. The zero-order valence-corrected chi connectivity index (χ0v) is 26.8. The van der Waals surface area contributed by atoms with E-state index in [0.717, 1.165) is 30.4 Å². The first kappa shape index (κ1) is 35.5. The van der Waals surface area contributed by atoms with E-state index in [0.29, 0.717) is 36.9 Å². The Hall–Kier alpha value is -3.95. The van der Waals surface area contributed by atoms with Gasteiger partial charge in [0.25, 0.3) is 0 Å². The molecule has 0 aromatic heterocycles. The van der Waals surface area contributed by atoms with E-state index in [1.165, 1.54) is 13.2 Å². The molecule has 0 saturated carbocycles. The van der Waals surface area contributed by atoms with Crippen LogP contribution in [0.15, 0.2) is 78.0 Å². The number of fused-ring (bicyclic) bond motifs is 2. The van der Waals surface area contributed by atoms with Crippen LogP contribution in [0.1, 0.15) is 71.3 Å². The van der Waals surface area contributed by atoms with Crippen LogP contribution in [-0.2, 0) is 30.3 Å². The minimum Gasteiger partial charge on any atom is -0.508 e. The summed E-state index contributed by atoms with van der Waals surface area (Å²) in [5.41, 5.74) is 2.75. The maximum Gasteiger partial charge on any atom is 0.328 e. The van der Waals surface area contributed by atoms with Crippen molar-refractivity contribution >= 4 is 23.5 Å². The Labute approximate surface area is 266 Å². The summed E-state index contributed by atoms with van der Waals surface area (Å²) in [6, 6.07) is 4.11. The number of rotatable bonds is 5. The topological polar surface area (TPSA) is 134 Å². The number of aliphatic hydroxyl groups excluding tert-OH is 1. The van der Waals surface area contributed by atoms with Crippen LogP contribution in [0.5, 0.6) is 5.75 Å². The summed E-state index contributed by atoms with van der Waals surface area (Å²) >= 11 is 0. The average molecular weight is 621 g/mol. The summed E-state index contributed by atoms with van der Waals surface area (Å²) in [5.74, 6) is -1.45. The van der Waals surface area contributed by atoms with Gasteiger partial charge in [0.2, 0.25) is 11.8 Å². The van der Waals surface area contributed by atoms with E-state index in [1.54, 1.807) is 31.2 Å². The molecule has 2 bridgehead atoms. The van der Waals surface area contributed by atoms with Crippen LogP contribution in [0.4, 0.5) is 5.69 Å². The van der Waals surface area contributed by atoms with E-state index in [1.807, 2.05) is 50.3 Å². The number of esters is 1. The third-order valence-corrected chi connectivity index (χ3v) is 8.12. The first-order chi connectivity index (χ1) is 21.6. The van der Waals surface area contributed by atoms with Gasteiger partial charge in [-0.05, 0) is 75.6 Å². The number of aromatic hydroxyl groups is 1. The van der Waals surface area contributed by atoms with Crippen molar-refractivity contribution in [1.29, 1.82) is 0 Å². The highest BCUT2D eigenvalue weighted by molar-refractivity contribution is 5.96. The molecule has 5 unspecified atom stereocenters. The second-order valence-corrected chi connectivity index (χ2v) is 11.8. The number of anilines is 1. The summed E-state index contributed by atoms with van der Waals surface area (Å²) in [6.07, 6.45) is 17.9. The first-order valence-electron chi connectivity index (χ1n) is 15.8. The van der Waals surface area contributed by atoms with E-state index >= 15 is 0 Å². The molecule has 1 heterocycles. The third-order valence-electron chi connectivity index (χ3n) is 8.12. The molecule has 5 atom stereocenters. The van der Waals surface area contributed by atoms with E-state index in [-0.39, 0.29) is 24.0 Å². The number of methoxy groups -OCH3 is 1. The molecule has 0 spiro atoms. The summed E-state index contributed by atoms with van der Waals surface area (Å²) < 4.78 is 11.3. The number of phenols is 1. The molecule has 2 aliphatic rings. The van der Waals surface area contributed by atoms with E-state index in [2.05, 4.69) is 10.6 Å². The predicted octanol–water partition coefficient (Wildman–Crippen LogP) is 5.60. The summed E-state index contributed by atoms with van der Waals surface area (Å²) in [6.45, 7) is 5.28. The highest BCUT2D eigenvalue weighted by atomic mass is 16.5. The van der Waals surface area contributed by atoms with Gasteiger partial charge in [0, 0.05) is 36.8 Å². The van der Waals surface area contributed by atoms with Crippen molar-refractivity contribution in [1.82, 2.24) is 5.32 Å². The minimum absolute atomic E-state index is 0.0434. The Bertz CT molecular complexity index is 1330. The maximum atomic E-state index is 13.1. The minimum atomic E-state index is -0.883. The fourth-order valence-corrected chi connectivity index (χ4v) is 5.34. The second kappa shape index (κ2) is 18.1. The number of aliphatic hydroxyl groups is 1. The summed E-state index contributed by atoms with van der Waals surface area (Å²) in [5, 5.41) is 27.1. The number of carbonyl (C=O) groups excluding carboxylic acids is 3. The number of allylic oxidation sites excluding steroid dienone is 6. The van der Waals surface area contributed by atoms with E-state index < -0.39 is 36.2 Å². The highest BCUT2D eigenvalue weighted by Gasteiger charge is 2.30. The van der Waals surface area contributed by atoms with Crippen molar-refractivity contribution in [3.05, 3.63) is 83.5 Å². The van der Waals surface area contributed by atoms with Crippen LogP contribution in [0, 0.1) is 5.92 Å². The number of benzene rings is 1. The molecule has 3 rings (SSSR count). The van der Waals surface area contributed by atoms with Crippen molar-refractivity contribution < 1.29 is 34.1 Å². The van der Waals surface area contributed by atoms with Crippen molar-refractivity contribution in [2.45, 2.75) is 96.5 Å². The van der Waals surface area contributed by atoms with Gasteiger partial charge in [-0.1, -0.05) is 55.5 Å². The van der Waals surface area contributed by atoms with E-state index in [9.17, 15) is 24.6 Å². The molecular weight excluding hydrogens is 572 g/mol. The summed E-state index contributed by atoms with van der Waals surface area (Å²) in [4.78, 5) is 38.4. The van der Waals surface area contributed by atoms with E-state index in [4.69, 9.17) is 9.47 Å². The predicted molar refractivity (Wildman–Crippen MR) is 175 cm³/mol. The molecule has 2 amide bonds. The van der Waals surface area contributed by atoms with Crippen LogP contribution < -0.4 is 10.6 Å². The van der Waals surface area contributed by atoms with Crippen LogP contribution in [0.3, 0.4) is 0 Å². The molecule has 0 radical (unpaired) electrons. The molecule has 1 aliphatic heterocycles. The second-order valence-electron chi connectivity index (χ2n) is 11.8. The fourth-order valence-electron chi connectivity index (χ4n) is 5.34. The number of aryl methyl sites for hydroxylation is 1. The average Bonchev–Trinajstić information content (AvgIpc) is 3.01. The van der Waals surface area contributed by atoms with Crippen molar-refractivity contribution in [3.63, 3.8) is 0 Å². The smallest absolute Gasteiger partial charge is 0.328 e. The molecule has 9 nitrogen and oxygen atoms in total. The Morgan fingerprint density at radius 3 is 2.56 bits per heavy atom. The van der Waals surface area contributed by atoms with Gasteiger partial charge in [-0.2, -0.15) is 0 Å². The molecule has 0 fully saturated rings. The molecule has 4 N–H and O–H groups in total. The molecule has 1 aromatic rings. The van der Waals surface area contributed by atoms with Crippen molar-refractivity contribution in [2.75, 3.05) is 12.4 Å². The van der Waals surface area contributed by atoms with Gasteiger partial charge in [0.05, 0.1) is 18.6 Å². The van der Waals surface area contributed by atoms with Gasteiger partial charge in [-0.25, -0.2) is 4.79 Å². The van der Waals surface area contributed by atoms with Crippen molar-refractivity contribution in [3.8, 4) is 5.75 Å². The monoisotopic (exact) mass is 620 g/mol.